The van der Waals surface area contributed by atoms with E-state index in [-0.39, 0.29) is 0 Å². The van der Waals surface area contributed by atoms with Gasteiger partial charge in [0.25, 0.3) is 0 Å². The van der Waals surface area contributed by atoms with Crippen molar-refractivity contribution in [2.75, 3.05) is 18.4 Å². The Morgan fingerprint density at radius 1 is 1.14 bits per heavy atom. The fourth-order valence-corrected chi connectivity index (χ4v) is 3.68. The molecule has 3 aromatic rings. The van der Waals surface area contributed by atoms with Gasteiger partial charge in [-0.2, -0.15) is 4.98 Å². The van der Waals surface area contributed by atoms with Crippen molar-refractivity contribution in [3.8, 4) is 11.6 Å². The van der Waals surface area contributed by atoms with Crippen LogP contribution in [0.5, 0.6) is 11.6 Å². The van der Waals surface area contributed by atoms with Gasteiger partial charge < -0.3 is 10.1 Å². The van der Waals surface area contributed by atoms with Crippen molar-refractivity contribution >= 4 is 35.7 Å². The number of carbonyl (C=O) groups is 1. The van der Waals surface area contributed by atoms with E-state index < -0.39 is 0 Å². The van der Waals surface area contributed by atoms with Crippen molar-refractivity contribution in [3.05, 3.63) is 76.8 Å². The first-order valence-electron chi connectivity index (χ1n) is 8.65. The van der Waals surface area contributed by atoms with Gasteiger partial charge in [0.05, 0.1) is 6.54 Å². The molecule has 0 bridgehead atoms. The van der Waals surface area contributed by atoms with E-state index in [1.807, 2.05) is 30.5 Å². The number of pyridine rings is 1. The van der Waals surface area contributed by atoms with E-state index >= 15 is 0 Å². The molecule has 4 rings (SSSR count). The Labute approximate surface area is 173 Å². The van der Waals surface area contributed by atoms with Crippen molar-refractivity contribution in [2.45, 2.75) is 11.4 Å². The minimum absolute atomic E-state index is 0.374. The molecule has 0 radical (unpaired) electrons. The minimum atomic E-state index is 0.374. The van der Waals surface area contributed by atoms with E-state index in [1.54, 1.807) is 48.3 Å². The summed E-state index contributed by atoms with van der Waals surface area (Å²) in [6, 6.07) is 18.6. The van der Waals surface area contributed by atoms with Crippen molar-refractivity contribution in [1.29, 1.82) is 0 Å². The third kappa shape index (κ3) is 5.04. The van der Waals surface area contributed by atoms with Gasteiger partial charge in [0.15, 0.2) is 0 Å². The maximum absolute atomic E-state index is 11.3. The van der Waals surface area contributed by atoms with Crippen LogP contribution < -0.4 is 14.4 Å². The third-order valence-corrected chi connectivity index (χ3v) is 5.12. The molecule has 0 fully saturated rings. The molecule has 144 valence electrons. The van der Waals surface area contributed by atoms with Crippen molar-refractivity contribution in [2.24, 2.45) is 0 Å². The van der Waals surface area contributed by atoms with E-state index in [2.05, 4.69) is 22.4 Å². The van der Waals surface area contributed by atoms with Gasteiger partial charge in [0.2, 0.25) is 5.88 Å². The van der Waals surface area contributed by atoms with Gasteiger partial charge in [0, 0.05) is 21.5 Å². The topological polar surface area (TPSA) is 54.5 Å². The summed E-state index contributed by atoms with van der Waals surface area (Å²) in [5.74, 6) is 1.68. The molecule has 0 atom stereocenters. The van der Waals surface area contributed by atoms with E-state index in [0.717, 1.165) is 12.8 Å². The number of rotatable bonds is 4. The van der Waals surface area contributed by atoms with Crippen LogP contribution in [0.15, 0.2) is 65.6 Å². The molecule has 5 nitrogen and oxygen atoms in total. The van der Waals surface area contributed by atoms with Crippen LogP contribution in [0.4, 0.5) is 5.82 Å². The zero-order chi connectivity index (χ0) is 19.9. The third-order valence-electron chi connectivity index (χ3n) is 3.73. The van der Waals surface area contributed by atoms with Gasteiger partial charge in [-0.3, -0.25) is 9.10 Å². The van der Waals surface area contributed by atoms with Crippen LogP contribution in [0.25, 0.3) is 0 Å². The SMILES string of the molecule is CNC.O=Cc1cc(Oc2ccc(Cl)cc2)nc(N2Cc3ccccc3S2)c1. The summed E-state index contributed by atoms with van der Waals surface area (Å²) in [7, 11) is 3.75. The lowest BCUT2D eigenvalue weighted by Gasteiger charge is -2.16. The summed E-state index contributed by atoms with van der Waals surface area (Å²) < 4.78 is 7.84. The lowest BCUT2D eigenvalue weighted by atomic mass is 10.2. The van der Waals surface area contributed by atoms with Gasteiger partial charge in [0.1, 0.15) is 17.9 Å². The summed E-state index contributed by atoms with van der Waals surface area (Å²) >= 11 is 7.50. The number of hydrogen-bond donors (Lipinski definition) is 1. The van der Waals surface area contributed by atoms with Crippen LogP contribution in [0.3, 0.4) is 0 Å². The predicted octanol–water partition coefficient (Wildman–Crippen LogP) is 5.20. The van der Waals surface area contributed by atoms with Crippen LogP contribution in [-0.2, 0) is 6.54 Å². The predicted molar refractivity (Wildman–Crippen MR) is 115 cm³/mol. The lowest BCUT2D eigenvalue weighted by Crippen LogP contribution is -2.10. The van der Waals surface area contributed by atoms with Crippen LogP contribution in [0.2, 0.25) is 5.02 Å². The fourth-order valence-electron chi connectivity index (χ4n) is 2.54. The van der Waals surface area contributed by atoms with Crippen molar-refractivity contribution < 1.29 is 9.53 Å². The van der Waals surface area contributed by atoms with Crippen LogP contribution >= 0.6 is 23.5 Å². The average Bonchev–Trinajstić information content (AvgIpc) is 3.14. The zero-order valence-electron chi connectivity index (χ0n) is 15.6. The van der Waals surface area contributed by atoms with E-state index in [1.165, 1.54) is 10.5 Å². The highest BCUT2D eigenvalue weighted by atomic mass is 35.5. The fraction of sp³-hybridized carbons (Fsp3) is 0.143. The number of hydrogen-bond acceptors (Lipinski definition) is 6. The number of fused-ring (bicyclic) bond motifs is 1. The number of aldehydes is 1. The summed E-state index contributed by atoms with van der Waals surface area (Å²) in [6.07, 6.45) is 0.799. The number of benzene rings is 2. The highest BCUT2D eigenvalue weighted by Crippen LogP contribution is 2.39. The Balaban J connectivity index is 0.000000706. The molecule has 2 heterocycles. The second-order valence-electron chi connectivity index (χ2n) is 6.01. The molecule has 0 unspecified atom stereocenters. The molecule has 1 aromatic heterocycles. The summed E-state index contributed by atoms with van der Waals surface area (Å²) in [5, 5.41) is 3.38. The van der Waals surface area contributed by atoms with Gasteiger partial charge in [-0.15, -0.1) is 0 Å². The first-order chi connectivity index (χ1) is 13.6. The van der Waals surface area contributed by atoms with Crippen molar-refractivity contribution in [1.82, 2.24) is 10.3 Å². The number of nitrogens with one attached hydrogen (secondary N) is 1. The summed E-state index contributed by atoms with van der Waals surface area (Å²) in [6.45, 7) is 0.733. The number of aromatic nitrogens is 1. The molecule has 0 saturated carbocycles. The summed E-state index contributed by atoms with van der Waals surface area (Å²) in [4.78, 5) is 17.1. The normalized spacial score (nSPS) is 12.0. The Morgan fingerprint density at radius 3 is 2.54 bits per heavy atom. The molecule has 0 spiro atoms. The molecular weight excluding hydrogens is 394 g/mol. The number of ether oxygens (including phenoxy) is 1. The molecule has 0 saturated heterocycles. The van der Waals surface area contributed by atoms with Crippen LogP contribution in [0.1, 0.15) is 15.9 Å². The molecule has 7 heteroatoms. The molecular formula is C21H20ClN3O2S. The molecule has 1 N–H and O–H groups in total. The van der Waals surface area contributed by atoms with Crippen molar-refractivity contribution in [3.63, 3.8) is 0 Å². The Hall–Kier alpha value is -2.54. The maximum Gasteiger partial charge on any atom is 0.221 e. The number of anilines is 1. The largest absolute Gasteiger partial charge is 0.439 e. The van der Waals surface area contributed by atoms with E-state index in [9.17, 15) is 4.79 Å². The van der Waals surface area contributed by atoms with Crippen LogP contribution in [0, 0.1) is 0 Å². The Bertz CT molecular complexity index is 926. The standard InChI is InChI=1S/C19H13ClN2O2S.C2H7N/c20-15-5-7-16(8-6-15)24-19-10-13(12-23)9-18(21-19)22-11-14-3-1-2-4-17(14)25-22;1-3-2/h1-10,12H,11H2;3H,1-2H3. The molecule has 0 amide bonds. The number of carbonyl (C=O) groups excluding carboxylic acids is 1. The molecule has 0 aliphatic carbocycles. The van der Waals surface area contributed by atoms with Crippen LogP contribution in [-0.4, -0.2) is 25.4 Å². The number of nitrogens with zero attached hydrogens (tertiary/aromatic N) is 2. The van der Waals surface area contributed by atoms with Gasteiger partial charge in [-0.1, -0.05) is 29.8 Å². The molecule has 2 aromatic carbocycles. The smallest absolute Gasteiger partial charge is 0.221 e. The Morgan fingerprint density at radius 2 is 1.86 bits per heavy atom. The van der Waals surface area contributed by atoms with E-state index in [0.29, 0.717) is 28.0 Å². The first kappa shape index (κ1) is 20.2. The quantitative estimate of drug-likeness (QED) is 0.468. The monoisotopic (exact) mass is 413 g/mol. The van der Waals surface area contributed by atoms with Gasteiger partial charge >= 0.3 is 0 Å². The summed E-state index contributed by atoms with van der Waals surface area (Å²) in [5.41, 5.74) is 1.76. The molecule has 28 heavy (non-hydrogen) atoms. The second-order valence-corrected chi connectivity index (χ2v) is 7.51. The number of halogens is 1. The Kier molecular flexibility index (Phi) is 6.92. The lowest BCUT2D eigenvalue weighted by molar-refractivity contribution is 0.112. The first-order valence-corrected chi connectivity index (χ1v) is 9.80. The minimum Gasteiger partial charge on any atom is -0.439 e. The zero-order valence-corrected chi connectivity index (χ0v) is 17.1. The van der Waals surface area contributed by atoms with Gasteiger partial charge in [-0.05, 0) is 68.0 Å². The second kappa shape index (κ2) is 9.59. The maximum atomic E-state index is 11.3. The highest BCUT2D eigenvalue weighted by molar-refractivity contribution is 8.01. The average molecular weight is 414 g/mol. The van der Waals surface area contributed by atoms with Gasteiger partial charge in [-0.25, -0.2) is 0 Å². The molecule has 1 aliphatic heterocycles. The molecule has 1 aliphatic rings. The highest BCUT2D eigenvalue weighted by Gasteiger charge is 2.22. The van der Waals surface area contributed by atoms with E-state index in [4.69, 9.17) is 16.3 Å².